The number of hydrogen-bond donors (Lipinski definition) is 1. The maximum atomic E-state index is 13.1. The highest BCUT2D eigenvalue weighted by Crippen LogP contribution is 2.17. The summed E-state index contributed by atoms with van der Waals surface area (Å²) in [6.07, 6.45) is 4.13. The van der Waals surface area contributed by atoms with Gasteiger partial charge >= 0.3 is 0 Å². The molecule has 0 unspecified atom stereocenters. The maximum Gasteiger partial charge on any atom is 0.245 e. The Morgan fingerprint density at radius 1 is 1.07 bits per heavy atom. The Morgan fingerprint density at radius 2 is 1.79 bits per heavy atom. The zero-order valence-corrected chi connectivity index (χ0v) is 16.4. The van der Waals surface area contributed by atoms with Gasteiger partial charge in [0, 0.05) is 25.6 Å². The molecule has 3 aromatic rings. The van der Waals surface area contributed by atoms with E-state index in [-0.39, 0.29) is 11.9 Å². The predicted molar refractivity (Wildman–Crippen MR) is 110 cm³/mol. The van der Waals surface area contributed by atoms with Gasteiger partial charge in [-0.2, -0.15) is 0 Å². The SMILES string of the molecule is O=C(N[C@@H]1CCCN(Cc2ccccc2)C1)[C@H](Cc1ccccc1)n1cnnn1. The van der Waals surface area contributed by atoms with E-state index < -0.39 is 6.04 Å². The molecule has 150 valence electrons. The van der Waals surface area contributed by atoms with E-state index in [1.807, 2.05) is 36.4 Å². The number of nitrogens with zero attached hydrogens (tertiary/aromatic N) is 5. The van der Waals surface area contributed by atoms with Crippen LogP contribution < -0.4 is 5.32 Å². The zero-order valence-electron chi connectivity index (χ0n) is 16.4. The molecule has 7 heteroatoms. The molecule has 0 bridgehead atoms. The number of tetrazole rings is 1. The van der Waals surface area contributed by atoms with Crippen LogP contribution in [-0.4, -0.2) is 50.1 Å². The molecule has 1 N–H and O–H groups in total. The van der Waals surface area contributed by atoms with E-state index in [1.54, 1.807) is 4.68 Å². The second-order valence-corrected chi connectivity index (χ2v) is 7.56. The third-order valence-corrected chi connectivity index (χ3v) is 5.36. The summed E-state index contributed by atoms with van der Waals surface area (Å²) in [5.41, 5.74) is 2.38. The third kappa shape index (κ3) is 5.26. The maximum absolute atomic E-state index is 13.1. The van der Waals surface area contributed by atoms with E-state index >= 15 is 0 Å². The quantitative estimate of drug-likeness (QED) is 0.670. The molecule has 0 radical (unpaired) electrons. The van der Waals surface area contributed by atoms with Crippen molar-refractivity contribution in [2.24, 2.45) is 0 Å². The van der Waals surface area contributed by atoms with Gasteiger partial charge in [0.15, 0.2) is 0 Å². The Morgan fingerprint density at radius 3 is 2.48 bits per heavy atom. The fourth-order valence-electron chi connectivity index (χ4n) is 3.91. The number of likely N-dealkylation sites (tertiary alicyclic amines) is 1. The number of piperidine rings is 1. The molecule has 1 fully saturated rings. The van der Waals surface area contributed by atoms with Crippen LogP contribution in [0.1, 0.15) is 30.0 Å². The van der Waals surface area contributed by atoms with Crippen molar-refractivity contribution >= 4 is 5.91 Å². The Labute approximate surface area is 170 Å². The molecule has 1 saturated heterocycles. The number of hydrogen-bond acceptors (Lipinski definition) is 5. The fourth-order valence-corrected chi connectivity index (χ4v) is 3.91. The molecular weight excluding hydrogens is 364 g/mol. The van der Waals surface area contributed by atoms with Crippen LogP contribution in [0.2, 0.25) is 0 Å². The van der Waals surface area contributed by atoms with E-state index in [9.17, 15) is 4.79 Å². The molecule has 2 aromatic carbocycles. The molecule has 1 aromatic heterocycles. The van der Waals surface area contributed by atoms with E-state index in [0.717, 1.165) is 38.0 Å². The van der Waals surface area contributed by atoms with Crippen LogP contribution in [0.5, 0.6) is 0 Å². The van der Waals surface area contributed by atoms with Crippen LogP contribution in [0.3, 0.4) is 0 Å². The summed E-state index contributed by atoms with van der Waals surface area (Å²) in [4.78, 5) is 15.5. The molecule has 0 aliphatic carbocycles. The number of carbonyl (C=O) groups excluding carboxylic acids is 1. The largest absolute Gasteiger partial charge is 0.350 e. The van der Waals surface area contributed by atoms with E-state index in [4.69, 9.17) is 0 Å². The van der Waals surface area contributed by atoms with Crippen molar-refractivity contribution in [2.45, 2.75) is 37.9 Å². The fraction of sp³-hybridized carbons (Fsp3) is 0.364. The van der Waals surface area contributed by atoms with Crippen molar-refractivity contribution in [3.63, 3.8) is 0 Å². The molecule has 2 heterocycles. The van der Waals surface area contributed by atoms with E-state index in [0.29, 0.717) is 6.42 Å². The molecule has 7 nitrogen and oxygen atoms in total. The Balaban J connectivity index is 1.40. The van der Waals surface area contributed by atoms with Crippen molar-refractivity contribution in [3.05, 3.63) is 78.1 Å². The number of rotatable bonds is 7. The number of nitrogens with one attached hydrogen (secondary N) is 1. The molecule has 29 heavy (non-hydrogen) atoms. The first-order chi connectivity index (χ1) is 14.3. The minimum absolute atomic E-state index is 0.0345. The van der Waals surface area contributed by atoms with Crippen LogP contribution in [0, 0.1) is 0 Å². The minimum Gasteiger partial charge on any atom is -0.350 e. The molecule has 1 amide bonds. The lowest BCUT2D eigenvalue weighted by Crippen LogP contribution is -2.49. The zero-order chi connectivity index (χ0) is 19.9. The van der Waals surface area contributed by atoms with Crippen LogP contribution >= 0.6 is 0 Å². The van der Waals surface area contributed by atoms with Crippen LogP contribution in [0.4, 0.5) is 0 Å². The Kier molecular flexibility index (Phi) is 6.26. The van der Waals surface area contributed by atoms with Gasteiger partial charge in [0.2, 0.25) is 5.91 Å². The normalized spacial score (nSPS) is 18.3. The van der Waals surface area contributed by atoms with Crippen molar-refractivity contribution < 1.29 is 4.79 Å². The highest BCUT2D eigenvalue weighted by Gasteiger charge is 2.27. The first-order valence-electron chi connectivity index (χ1n) is 10.1. The van der Waals surface area contributed by atoms with Gasteiger partial charge in [0.05, 0.1) is 0 Å². The lowest BCUT2D eigenvalue weighted by Gasteiger charge is -2.34. The van der Waals surface area contributed by atoms with Crippen LogP contribution in [0.25, 0.3) is 0 Å². The first kappa shape index (κ1) is 19.3. The molecular formula is C22H26N6O. The van der Waals surface area contributed by atoms with Crippen molar-refractivity contribution in [1.82, 2.24) is 30.4 Å². The minimum atomic E-state index is -0.461. The average Bonchev–Trinajstić information content (AvgIpc) is 3.28. The summed E-state index contributed by atoms with van der Waals surface area (Å²) in [7, 11) is 0. The third-order valence-electron chi connectivity index (χ3n) is 5.36. The molecule has 2 atom stereocenters. The van der Waals surface area contributed by atoms with Crippen molar-refractivity contribution in [2.75, 3.05) is 13.1 Å². The second kappa shape index (κ2) is 9.43. The number of carbonyl (C=O) groups is 1. The standard InChI is InChI=1S/C22H26N6O/c29-22(21(28-17-23-25-26-28)14-18-8-3-1-4-9-18)24-20-12-7-13-27(16-20)15-19-10-5-2-6-11-19/h1-6,8-11,17,20-21H,7,12-16H2,(H,24,29)/t20-,21+/m1/s1. The summed E-state index contributed by atoms with van der Waals surface area (Å²) in [5, 5.41) is 14.7. The topological polar surface area (TPSA) is 75.9 Å². The molecule has 4 rings (SSSR count). The average molecular weight is 390 g/mol. The monoisotopic (exact) mass is 390 g/mol. The van der Waals surface area contributed by atoms with Gasteiger partial charge in [-0.05, 0) is 40.9 Å². The Hall–Kier alpha value is -3.06. The Bertz CT molecular complexity index is 884. The summed E-state index contributed by atoms with van der Waals surface area (Å²) in [6, 6.07) is 20.1. The first-order valence-corrected chi connectivity index (χ1v) is 10.1. The van der Waals surface area contributed by atoms with Gasteiger partial charge in [-0.1, -0.05) is 60.7 Å². The number of aromatic nitrogens is 4. The second-order valence-electron chi connectivity index (χ2n) is 7.56. The van der Waals surface area contributed by atoms with E-state index in [1.165, 1.54) is 11.9 Å². The predicted octanol–water partition coefficient (Wildman–Crippen LogP) is 2.24. The molecule has 1 aliphatic heterocycles. The summed E-state index contributed by atoms with van der Waals surface area (Å²) >= 11 is 0. The summed E-state index contributed by atoms with van der Waals surface area (Å²) in [6.45, 7) is 2.82. The van der Waals surface area contributed by atoms with Gasteiger partial charge in [0.25, 0.3) is 0 Å². The summed E-state index contributed by atoms with van der Waals surface area (Å²) < 4.78 is 1.55. The van der Waals surface area contributed by atoms with Crippen LogP contribution in [-0.2, 0) is 17.8 Å². The highest BCUT2D eigenvalue weighted by atomic mass is 16.2. The number of benzene rings is 2. The van der Waals surface area contributed by atoms with Gasteiger partial charge < -0.3 is 5.32 Å². The van der Waals surface area contributed by atoms with Gasteiger partial charge in [-0.3, -0.25) is 9.69 Å². The molecule has 0 saturated carbocycles. The van der Waals surface area contributed by atoms with Crippen LogP contribution in [0.15, 0.2) is 67.0 Å². The van der Waals surface area contributed by atoms with Crippen molar-refractivity contribution in [3.8, 4) is 0 Å². The smallest absolute Gasteiger partial charge is 0.245 e. The number of amides is 1. The van der Waals surface area contributed by atoms with Gasteiger partial charge in [0.1, 0.15) is 12.4 Å². The lowest BCUT2D eigenvalue weighted by atomic mass is 10.0. The molecule has 1 aliphatic rings. The van der Waals surface area contributed by atoms with Gasteiger partial charge in [-0.25, -0.2) is 4.68 Å². The highest BCUT2D eigenvalue weighted by molar-refractivity contribution is 5.80. The van der Waals surface area contributed by atoms with Gasteiger partial charge in [-0.15, -0.1) is 5.10 Å². The van der Waals surface area contributed by atoms with Crippen molar-refractivity contribution in [1.29, 1.82) is 0 Å². The molecule has 0 spiro atoms. The van der Waals surface area contributed by atoms with E-state index in [2.05, 4.69) is 50.0 Å². The lowest BCUT2D eigenvalue weighted by molar-refractivity contribution is -0.125. The summed E-state index contributed by atoms with van der Waals surface area (Å²) in [5.74, 6) is -0.0345.